The summed E-state index contributed by atoms with van der Waals surface area (Å²) < 4.78 is 11.6. The molecule has 1 aliphatic heterocycles. The van der Waals surface area contributed by atoms with Gasteiger partial charge in [-0.15, -0.1) is 0 Å². The summed E-state index contributed by atoms with van der Waals surface area (Å²) in [5.41, 5.74) is 2.84. The number of hydrogen-bond donors (Lipinski definition) is 0. The van der Waals surface area contributed by atoms with Crippen LogP contribution in [0.25, 0.3) is 22.4 Å². The first kappa shape index (κ1) is 21.4. The van der Waals surface area contributed by atoms with Crippen LogP contribution in [0.1, 0.15) is 30.2 Å². The molecular formula is C26H29N5O2. The molecule has 0 saturated carbocycles. The van der Waals surface area contributed by atoms with Crippen molar-refractivity contribution in [3.8, 4) is 17.1 Å². The number of ether oxygens (including phenoxy) is 1. The minimum Gasteiger partial charge on any atom is -0.493 e. The van der Waals surface area contributed by atoms with Crippen LogP contribution in [-0.4, -0.2) is 54.1 Å². The number of likely N-dealkylation sites (tertiary alicyclic amines) is 1. The van der Waals surface area contributed by atoms with Gasteiger partial charge in [0.05, 0.1) is 19.3 Å². The molecule has 33 heavy (non-hydrogen) atoms. The van der Waals surface area contributed by atoms with E-state index < -0.39 is 0 Å². The maximum atomic E-state index is 6.16. The molecule has 0 amide bonds. The van der Waals surface area contributed by atoms with Crippen LogP contribution in [0.5, 0.6) is 5.75 Å². The fourth-order valence-electron chi connectivity index (χ4n) is 4.50. The van der Waals surface area contributed by atoms with Gasteiger partial charge in [-0.25, -0.2) is 9.97 Å². The van der Waals surface area contributed by atoms with Crippen molar-refractivity contribution in [1.82, 2.24) is 19.9 Å². The molecule has 0 spiro atoms. The number of furan rings is 1. The molecule has 5 rings (SSSR count). The zero-order valence-electron chi connectivity index (χ0n) is 19.4. The Morgan fingerprint density at radius 2 is 2.06 bits per heavy atom. The minimum atomic E-state index is 0.342. The molecule has 4 aromatic rings. The van der Waals surface area contributed by atoms with Crippen molar-refractivity contribution < 1.29 is 9.15 Å². The minimum absolute atomic E-state index is 0.342. The van der Waals surface area contributed by atoms with Crippen LogP contribution in [0.4, 0.5) is 5.82 Å². The van der Waals surface area contributed by atoms with Gasteiger partial charge in [-0.3, -0.25) is 9.88 Å². The molecule has 0 N–H and O–H groups in total. The van der Waals surface area contributed by atoms with Gasteiger partial charge in [0.15, 0.2) is 17.2 Å². The second-order valence-electron chi connectivity index (χ2n) is 8.78. The van der Waals surface area contributed by atoms with Gasteiger partial charge in [-0.05, 0) is 43.7 Å². The molecule has 7 heteroatoms. The molecule has 1 unspecified atom stereocenters. The quantitative estimate of drug-likeness (QED) is 0.426. The first-order valence-corrected chi connectivity index (χ1v) is 11.3. The first-order chi connectivity index (χ1) is 16.1. The van der Waals surface area contributed by atoms with Crippen LogP contribution < -0.4 is 9.64 Å². The Hall–Kier alpha value is -3.45. The van der Waals surface area contributed by atoms with Crippen molar-refractivity contribution >= 4 is 16.8 Å². The number of aromatic nitrogens is 3. The highest BCUT2D eigenvalue weighted by Crippen LogP contribution is 2.32. The molecule has 1 fully saturated rings. The van der Waals surface area contributed by atoms with Gasteiger partial charge in [0.25, 0.3) is 0 Å². The van der Waals surface area contributed by atoms with Crippen molar-refractivity contribution in [2.24, 2.45) is 0 Å². The van der Waals surface area contributed by atoms with Crippen LogP contribution in [-0.2, 0) is 6.54 Å². The highest BCUT2D eigenvalue weighted by atomic mass is 16.5. The normalized spacial score (nSPS) is 16.8. The second-order valence-corrected chi connectivity index (χ2v) is 8.78. The third-order valence-electron chi connectivity index (χ3n) is 6.19. The molecule has 0 radical (unpaired) electrons. The number of hydrogen-bond acceptors (Lipinski definition) is 7. The lowest BCUT2D eigenvalue weighted by Gasteiger charge is -2.32. The number of anilines is 1. The van der Waals surface area contributed by atoms with E-state index in [-0.39, 0.29) is 0 Å². The predicted octanol–water partition coefficient (Wildman–Crippen LogP) is 4.74. The van der Waals surface area contributed by atoms with E-state index in [0.717, 1.165) is 77.9 Å². The summed E-state index contributed by atoms with van der Waals surface area (Å²) in [4.78, 5) is 18.5. The Morgan fingerprint density at radius 3 is 2.85 bits per heavy atom. The third kappa shape index (κ3) is 4.54. The zero-order chi connectivity index (χ0) is 22.8. The number of piperidine rings is 1. The van der Waals surface area contributed by atoms with Crippen LogP contribution in [0.15, 0.2) is 59.3 Å². The fraction of sp³-hybridized carbons (Fsp3) is 0.346. The second kappa shape index (κ2) is 9.19. The van der Waals surface area contributed by atoms with E-state index >= 15 is 0 Å². The van der Waals surface area contributed by atoms with Gasteiger partial charge in [-0.2, -0.15) is 0 Å². The molecular weight excluding hydrogens is 414 g/mol. The topological polar surface area (TPSA) is 67.5 Å². The maximum Gasteiger partial charge on any atom is 0.176 e. The Labute approximate surface area is 194 Å². The van der Waals surface area contributed by atoms with Gasteiger partial charge < -0.3 is 14.1 Å². The number of methoxy groups -OCH3 is 1. The average Bonchev–Trinajstić information content (AvgIpc) is 3.27. The molecule has 1 saturated heterocycles. The summed E-state index contributed by atoms with van der Waals surface area (Å²) in [7, 11) is 5.71. The highest BCUT2D eigenvalue weighted by molar-refractivity contribution is 5.83. The Morgan fingerprint density at radius 1 is 1.15 bits per heavy atom. The number of para-hydroxylation sites is 1. The fourth-order valence-corrected chi connectivity index (χ4v) is 4.50. The summed E-state index contributed by atoms with van der Waals surface area (Å²) in [5, 5.41) is 1.07. The Kier molecular flexibility index (Phi) is 5.96. The monoisotopic (exact) mass is 443 g/mol. The number of nitrogens with zero attached hydrogens (tertiary/aromatic N) is 5. The van der Waals surface area contributed by atoms with Crippen molar-refractivity contribution in [3.05, 3.63) is 66.3 Å². The van der Waals surface area contributed by atoms with Gasteiger partial charge >= 0.3 is 0 Å². The van der Waals surface area contributed by atoms with Crippen molar-refractivity contribution in [3.63, 3.8) is 0 Å². The SMILES string of the molecule is COc1cccc2cc(CN3CCCC(c4cc(N(C)C)nc(-c5cccnc5)n4)C3)oc12. The van der Waals surface area contributed by atoms with Gasteiger partial charge in [0.2, 0.25) is 0 Å². The first-order valence-electron chi connectivity index (χ1n) is 11.3. The van der Waals surface area contributed by atoms with E-state index in [2.05, 4.69) is 28.1 Å². The molecule has 170 valence electrons. The maximum absolute atomic E-state index is 6.16. The third-order valence-corrected chi connectivity index (χ3v) is 6.19. The molecule has 0 aliphatic carbocycles. The Balaban J connectivity index is 1.39. The molecule has 7 nitrogen and oxygen atoms in total. The van der Waals surface area contributed by atoms with E-state index in [1.165, 1.54) is 0 Å². The number of benzene rings is 1. The highest BCUT2D eigenvalue weighted by Gasteiger charge is 2.25. The van der Waals surface area contributed by atoms with Crippen molar-refractivity contribution in [1.29, 1.82) is 0 Å². The van der Waals surface area contributed by atoms with Crippen LogP contribution >= 0.6 is 0 Å². The summed E-state index contributed by atoms with van der Waals surface area (Å²) >= 11 is 0. The van der Waals surface area contributed by atoms with Crippen LogP contribution in [0.2, 0.25) is 0 Å². The standard InChI is InChI=1S/C26H29N5O2/c1-30(2)24-14-22(28-26(29-24)19-8-5-11-27-15-19)20-9-6-12-31(16-20)17-21-13-18-7-4-10-23(32-3)25(18)33-21/h4-5,7-8,10-11,13-15,20H,6,9,12,16-17H2,1-3H3. The van der Waals surface area contributed by atoms with E-state index in [1.54, 1.807) is 13.3 Å². The number of rotatable bonds is 6. The summed E-state index contributed by atoms with van der Waals surface area (Å²) in [6.07, 6.45) is 5.83. The predicted molar refractivity (Wildman–Crippen MR) is 130 cm³/mol. The summed E-state index contributed by atoms with van der Waals surface area (Å²) in [6, 6.07) is 14.2. The lowest BCUT2D eigenvalue weighted by atomic mass is 9.94. The van der Waals surface area contributed by atoms with E-state index in [4.69, 9.17) is 19.1 Å². The van der Waals surface area contributed by atoms with Gasteiger partial charge in [0, 0.05) is 56.0 Å². The number of pyridine rings is 1. The molecule has 3 aromatic heterocycles. The van der Waals surface area contributed by atoms with Crippen molar-refractivity contribution in [2.75, 3.05) is 39.2 Å². The lowest BCUT2D eigenvalue weighted by molar-refractivity contribution is 0.186. The molecule has 1 aliphatic rings. The summed E-state index contributed by atoms with van der Waals surface area (Å²) in [6.45, 7) is 2.76. The van der Waals surface area contributed by atoms with E-state index in [0.29, 0.717) is 5.92 Å². The smallest absolute Gasteiger partial charge is 0.176 e. The summed E-state index contributed by atoms with van der Waals surface area (Å²) in [5.74, 6) is 3.72. The molecule has 0 bridgehead atoms. The van der Waals surface area contributed by atoms with Crippen LogP contribution in [0, 0.1) is 0 Å². The van der Waals surface area contributed by atoms with E-state index in [9.17, 15) is 0 Å². The zero-order valence-corrected chi connectivity index (χ0v) is 19.4. The number of fused-ring (bicyclic) bond motifs is 1. The van der Waals surface area contributed by atoms with Gasteiger partial charge in [0.1, 0.15) is 11.6 Å². The molecule has 1 aromatic carbocycles. The van der Waals surface area contributed by atoms with Crippen molar-refractivity contribution in [2.45, 2.75) is 25.3 Å². The Bertz CT molecular complexity index is 1240. The van der Waals surface area contributed by atoms with Gasteiger partial charge in [-0.1, -0.05) is 12.1 Å². The largest absolute Gasteiger partial charge is 0.493 e. The molecule has 1 atom stereocenters. The average molecular weight is 444 g/mol. The van der Waals surface area contributed by atoms with Crippen LogP contribution in [0.3, 0.4) is 0 Å². The molecule has 4 heterocycles. The van der Waals surface area contributed by atoms with E-state index in [1.807, 2.05) is 49.5 Å². The lowest BCUT2D eigenvalue weighted by Crippen LogP contribution is -2.34.